The summed E-state index contributed by atoms with van der Waals surface area (Å²) in [5.41, 5.74) is 4.44. The largest absolute Gasteiger partial charge is 0.482 e. The van der Waals surface area contributed by atoms with E-state index in [-0.39, 0.29) is 29.7 Å². The fraction of sp³-hybridized carbons (Fsp3) is 0.714. The molecule has 47 heavy (non-hydrogen) atoms. The second-order valence-corrected chi connectivity index (χ2v) is 17.1. The Balaban J connectivity index is 0.974. The van der Waals surface area contributed by atoms with Gasteiger partial charge in [-0.25, -0.2) is 9.59 Å². The molecule has 5 aliphatic carbocycles. The molecule has 1 aromatic carbocycles. The van der Waals surface area contributed by atoms with E-state index in [9.17, 15) is 9.59 Å². The second kappa shape index (κ2) is 13.0. The summed E-state index contributed by atoms with van der Waals surface area (Å²) in [5, 5.41) is 0.978. The van der Waals surface area contributed by atoms with Crippen molar-refractivity contribution in [2.75, 3.05) is 6.61 Å². The highest BCUT2D eigenvalue weighted by Crippen LogP contribution is 2.67. The van der Waals surface area contributed by atoms with Crippen LogP contribution in [0.25, 0.3) is 11.0 Å². The van der Waals surface area contributed by atoms with E-state index in [1.807, 2.05) is 12.1 Å². The number of esters is 1. The van der Waals surface area contributed by atoms with Crippen molar-refractivity contribution in [3.63, 3.8) is 0 Å². The summed E-state index contributed by atoms with van der Waals surface area (Å²) in [4.78, 5) is 25.7. The summed E-state index contributed by atoms with van der Waals surface area (Å²) in [5.74, 6) is 4.97. The molecule has 0 unspecified atom stereocenters. The first-order chi connectivity index (χ1) is 22.6. The summed E-state index contributed by atoms with van der Waals surface area (Å²) in [6.45, 7) is 12.3. The molecular weight excluding hydrogens is 584 g/mol. The summed E-state index contributed by atoms with van der Waals surface area (Å²) >= 11 is 0. The monoisotopic (exact) mass is 642 g/mol. The molecule has 8 atom stereocenters. The summed E-state index contributed by atoms with van der Waals surface area (Å²) in [7, 11) is 0. The molecule has 5 heteroatoms. The lowest BCUT2D eigenvalue weighted by molar-refractivity contribution is -0.156. The van der Waals surface area contributed by atoms with Crippen molar-refractivity contribution in [3.8, 4) is 5.75 Å². The lowest BCUT2D eigenvalue weighted by Gasteiger charge is -2.58. The van der Waals surface area contributed by atoms with Gasteiger partial charge in [0.25, 0.3) is 0 Å². The molecule has 0 bridgehead atoms. The van der Waals surface area contributed by atoms with Crippen molar-refractivity contribution in [3.05, 3.63) is 51.4 Å². The first kappa shape index (κ1) is 33.0. The van der Waals surface area contributed by atoms with Gasteiger partial charge in [0.15, 0.2) is 6.61 Å². The number of carbonyl (C=O) groups excluding carboxylic acids is 1. The van der Waals surface area contributed by atoms with Crippen LogP contribution in [0.5, 0.6) is 5.75 Å². The molecule has 0 amide bonds. The van der Waals surface area contributed by atoms with E-state index in [0.717, 1.165) is 91.0 Å². The van der Waals surface area contributed by atoms with Gasteiger partial charge in [0.2, 0.25) is 0 Å². The number of benzene rings is 1. The first-order valence-electron chi connectivity index (χ1n) is 19.2. The van der Waals surface area contributed by atoms with Gasteiger partial charge in [-0.2, -0.15) is 0 Å². The Morgan fingerprint density at radius 2 is 1.79 bits per heavy atom. The summed E-state index contributed by atoms with van der Waals surface area (Å²) in [6.07, 6.45) is 20.0. The number of hydrogen-bond donors (Lipinski definition) is 0. The Kier molecular flexibility index (Phi) is 9.15. The Morgan fingerprint density at radius 1 is 0.979 bits per heavy atom. The van der Waals surface area contributed by atoms with Crippen molar-refractivity contribution in [1.29, 1.82) is 0 Å². The minimum atomic E-state index is -0.313. The standard InChI is InChI=1S/C42H58O5/c1-26(2)9-8-10-27(3)35-19-20-36-34-17-14-28-13-15-30(24-42(28,5)37(34)21-22-41(35,36)4)46-39(43)25-45-29-16-18-32-31-11-6-7-12-33(31)40(44)47-38(32)23-29/h14,16,18,23,26-27,30,34-37H,6-13,15,17,19-22,24-25H2,1-5H3/t27-,30+,34+,35-,36+,37+,41+,42-/m0/s1. The Bertz CT molecular complexity index is 1570. The van der Waals surface area contributed by atoms with Crippen LogP contribution >= 0.6 is 0 Å². The first-order valence-corrected chi connectivity index (χ1v) is 19.2. The van der Waals surface area contributed by atoms with E-state index >= 15 is 0 Å². The minimum Gasteiger partial charge on any atom is -0.482 e. The van der Waals surface area contributed by atoms with Crippen molar-refractivity contribution in [2.45, 2.75) is 137 Å². The predicted octanol–water partition coefficient (Wildman–Crippen LogP) is 10.0. The van der Waals surface area contributed by atoms with Gasteiger partial charge in [0.1, 0.15) is 17.4 Å². The SMILES string of the molecule is CC(C)CCC[C@H](C)[C@@H]1CC[C@@H]2[C@H]3CC=C4CC[C@@H](OC(=O)COc5ccc6c7c(c(=O)oc6c5)CCCC7)C[C@]4(C)[C@@H]3CC[C@@]21C. The van der Waals surface area contributed by atoms with Crippen molar-refractivity contribution < 1.29 is 18.7 Å². The van der Waals surface area contributed by atoms with Crippen molar-refractivity contribution in [1.82, 2.24) is 0 Å². The normalized spacial score (nSPS) is 33.7. The zero-order valence-corrected chi connectivity index (χ0v) is 29.7. The average Bonchev–Trinajstić information content (AvgIpc) is 3.40. The predicted molar refractivity (Wildman–Crippen MR) is 188 cm³/mol. The van der Waals surface area contributed by atoms with Gasteiger partial charge in [0.05, 0.1) is 0 Å². The fourth-order valence-corrected chi connectivity index (χ4v) is 11.7. The highest BCUT2D eigenvalue weighted by molar-refractivity contribution is 5.83. The lowest BCUT2D eigenvalue weighted by atomic mass is 9.47. The third-order valence-electron chi connectivity index (χ3n) is 14.1. The molecule has 0 radical (unpaired) electrons. The smallest absolute Gasteiger partial charge is 0.344 e. The van der Waals surface area contributed by atoms with Crippen LogP contribution in [0.4, 0.5) is 0 Å². The van der Waals surface area contributed by atoms with Crippen LogP contribution in [-0.2, 0) is 22.4 Å². The number of carbonyl (C=O) groups is 1. The molecule has 1 heterocycles. The Morgan fingerprint density at radius 3 is 2.60 bits per heavy atom. The van der Waals surface area contributed by atoms with Gasteiger partial charge in [0, 0.05) is 17.0 Å². The molecule has 0 spiro atoms. The third kappa shape index (κ3) is 6.12. The van der Waals surface area contributed by atoms with Crippen LogP contribution < -0.4 is 10.4 Å². The quantitative estimate of drug-likeness (QED) is 0.155. The van der Waals surface area contributed by atoms with Crippen LogP contribution in [0.1, 0.15) is 129 Å². The summed E-state index contributed by atoms with van der Waals surface area (Å²) < 4.78 is 17.7. The fourth-order valence-electron chi connectivity index (χ4n) is 11.7. The zero-order valence-electron chi connectivity index (χ0n) is 29.7. The molecule has 0 N–H and O–H groups in total. The number of ether oxygens (including phenoxy) is 2. The highest BCUT2D eigenvalue weighted by atomic mass is 16.6. The topological polar surface area (TPSA) is 65.7 Å². The molecule has 2 aromatic rings. The maximum Gasteiger partial charge on any atom is 0.344 e. The van der Waals surface area contributed by atoms with Crippen molar-refractivity contribution in [2.24, 2.45) is 46.3 Å². The van der Waals surface area contributed by atoms with E-state index in [1.165, 1.54) is 51.4 Å². The Hall–Kier alpha value is -2.56. The Labute approximate surface area is 282 Å². The van der Waals surface area contributed by atoms with E-state index < -0.39 is 0 Å². The molecule has 7 rings (SSSR count). The molecule has 0 saturated heterocycles. The number of hydrogen-bond acceptors (Lipinski definition) is 5. The van der Waals surface area contributed by atoms with Gasteiger partial charge < -0.3 is 13.9 Å². The average molecular weight is 643 g/mol. The van der Waals surface area contributed by atoms with E-state index in [0.29, 0.717) is 22.7 Å². The number of aryl methyl sites for hydroxylation is 1. The zero-order chi connectivity index (χ0) is 32.9. The number of rotatable bonds is 9. The number of fused-ring (bicyclic) bond motifs is 8. The molecular formula is C42H58O5. The van der Waals surface area contributed by atoms with Crippen LogP contribution in [-0.4, -0.2) is 18.7 Å². The second-order valence-electron chi connectivity index (χ2n) is 17.1. The maximum atomic E-state index is 13.1. The molecule has 1 aromatic heterocycles. The van der Waals surface area contributed by atoms with Crippen molar-refractivity contribution >= 4 is 16.9 Å². The van der Waals surface area contributed by atoms with Gasteiger partial charge in [-0.15, -0.1) is 0 Å². The van der Waals surface area contributed by atoms with Crippen LogP contribution in [0.2, 0.25) is 0 Å². The molecule has 3 saturated carbocycles. The molecule has 5 aliphatic rings. The summed E-state index contributed by atoms with van der Waals surface area (Å²) in [6, 6.07) is 5.59. The van der Waals surface area contributed by atoms with E-state index in [2.05, 4.69) is 40.7 Å². The highest BCUT2D eigenvalue weighted by Gasteiger charge is 2.59. The molecule has 256 valence electrons. The number of allylic oxidation sites excluding steroid dienone is 2. The van der Waals surface area contributed by atoms with Gasteiger partial charge >= 0.3 is 11.6 Å². The maximum absolute atomic E-state index is 13.1. The minimum absolute atomic E-state index is 0.0706. The van der Waals surface area contributed by atoms with E-state index in [4.69, 9.17) is 13.9 Å². The van der Waals surface area contributed by atoms with Crippen LogP contribution in [0.15, 0.2) is 39.1 Å². The van der Waals surface area contributed by atoms with Gasteiger partial charge in [-0.05, 0) is 141 Å². The van der Waals surface area contributed by atoms with Gasteiger partial charge in [-0.3, -0.25) is 0 Å². The third-order valence-corrected chi connectivity index (χ3v) is 14.1. The lowest BCUT2D eigenvalue weighted by Crippen LogP contribution is -2.51. The van der Waals surface area contributed by atoms with Crippen LogP contribution in [0, 0.1) is 46.3 Å². The van der Waals surface area contributed by atoms with E-state index in [1.54, 1.807) is 11.6 Å². The molecule has 0 aliphatic heterocycles. The van der Waals surface area contributed by atoms with Gasteiger partial charge in [-0.1, -0.05) is 65.5 Å². The molecule has 5 nitrogen and oxygen atoms in total. The van der Waals surface area contributed by atoms with Crippen LogP contribution in [0.3, 0.4) is 0 Å². The molecule has 3 fully saturated rings.